The van der Waals surface area contributed by atoms with Gasteiger partial charge in [0.15, 0.2) is 0 Å². The first kappa shape index (κ1) is 11.5. The molecule has 0 radical (unpaired) electrons. The molecule has 4 rings (SSSR count). The van der Waals surface area contributed by atoms with Crippen molar-refractivity contribution in [3.05, 3.63) is 36.1 Å². The first-order chi connectivity index (χ1) is 9.38. The number of nitrogens with zero attached hydrogens (tertiary/aromatic N) is 1. The Hall–Kier alpha value is -1.32. The number of para-hydroxylation sites is 1. The molecule has 3 heteroatoms. The standard InChI is InChI=1S/C16H20N2O/c1-2-6-16-12(4-1)8-14(19-16)10-18-9-13-5-3-7-17-15(13)11-18/h1-2,4,6,8,13,15,17H,3,5,7,9-11H2. The van der Waals surface area contributed by atoms with Gasteiger partial charge in [0.1, 0.15) is 11.3 Å². The molecule has 2 fully saturated rings. The molecule has 0 amide bonds. The van der Waals surface area contributed by atoms with E-state index >= 15 is 0 Å². The van der Waals surface area contributed by atoms with Crippen LogP contribution < -0.4 is 5.32 Å². The lowest BCUT2D eigenvalue weighted by atomic mass is 9.94. The van der Waals surface area contributed by atoms with Gasteiger partial charge < -0.3 is 9.73 Å². The maximum Gasteiger partial charge on any atom is 0.134 e. The van der Waals surface area contributed by atoms with Crippen LogP contribution in [0.4, 0.5) is 0 Å². The average molecular weight is 256 g/mol. The fourth-order valence-corrected chi connectivity index (χ4v) is 3.60. The van der Waals surface area contributed by atoms with Crippen molar-refractivity contribution >= 4 is 11.0 Å². The molecule has 2 aliphatic rings. The van der Waals surface area contributed by atoms with E-state index in [0.717, 1.165) is 23.8 Å². The van der Waals surface area contributed by atoms with Gasteiger partial charge in [0, 0.05) is 24.5 Å². The molecule has 0 bridgehead atoms. The molecule has 1 N–H and O–H groups in total. The highest BCUT2D eigenvalue weighted by molar-refractivity contribution is 5.77. The van der Waals surface area contributed by atoms with Gasteiger partial charge in [-0.25, -0.2) is 0 Å². The van der Waals surface area contributed by atoms with E-state index in [0.29, 0.717) is 6.04 Å². The summed E-state index contributed by atoms with van der Waals surface area (Å²) in [5.41, 5.74) is 1.01. The van der Waals surface area contributed by atoms with E-state index in [4.69, 9.17) is 4.42 Å². The number of hydrogen-bond donors (Lipinski definition) is 1. The zero-order valence-electron chi connectivity index (χ0n) is 11.1. The van der Waals surface area contributed by atoms with Gasteiger partial charge in [-0.3, -0.25) is 4.90 Å². The molecular formula is C16H20N2O. The smallest absolute Gasteiger partial charge is 0.134 e. The minimum Gasteiger partial charge on any atom is -0.460 e. The van der Waals surface area contributed by atoms with Crippen molar-refractivity contribution in [3.63, 3.8) is 0 Å². The fraction of sp³-hybridized carbons (Fsp3) is 0.500. The molecular weight excluding hydrogens is 236 g/mol. The van der Waals surface area contributed by atoms with Crippen LogP contribution in [-0.4, -0.2) is 30.6 Å². The predicted molar refractivity (Wildman–Crippen MR) is 76.0 cm³/mol. The highest BCUT2D eigenvalue weighted by atomic mass is 16.3. The Bertz CT molecular complexity index is 530. The third-order valence-corrected chi connectivity index (χ3v) is 4.53. The van der Waals surface area contributed by atoms with Gasteiger partial charge in [-0.1, -0.05) is 18.2 Å². The number of hydrogen-bond acceptors (Lipinski definition) is 3. The summed E-state index contributed by atoms with van der Waals surface area (Å²) in [5.74, 6) is 1.94. The van der Waals surface area contributed by atoms with Crippen LogP contribution in [0.3, 0.4) is 0 Å². The molecule has 2 aliphatic heterocycles. The van der Waals surface area contributed by atoms with E-state index in [2.05, 4.69) is 28.4 Å². The Balaban J connectivity index is 1.49. The van der Waals surface area contributed by atoms with Crippen molar-refractivity contribution in [2.75, 3.05) is 19.6 Å². The highest BCUT2D eigenvalue weighted by Gasteiger charge is 2.34. The van der Waals surface area contributed by atoms with Gasteiger partial charge in [-0.2, -0.15) is 0 Å². The number of fused-ring (bicyclic) bond motifs is 2. The molecule has 2 aromatic rings. The van der Waals surface area contributed by atoms with Crippen LogP contribution in [0, 0.1) is 5.92 Å². The lowest BCUT2D eigenvalue weighted by molar-refractivity contribution is 0.288. The summed E-state index contributed by atoms with van der Waals surface area (Å²) in [6.07, 6.45) is 2.72. The molecule has 100 valence electrons. The van der Waals surface area contributed by atoms with Gasteiger partial charge >= 0.3 is 0 Å². The molecule has 2 atom stereocenters. The first-order valence-corrected chi connectivity index (χ1v) is 7.32. The number of likely N-dealkylation sites (tertiary alicyclic amines) is 1. The maximum atomic E-state index is 5.92. The SMILES string of the molecule is c1ccc2oc(CN3CC4CCCNC4C3)cc2c1. The summed E-state index contributed by atoms with van der Waals surface area (Å²) in [4.78, 5) is 2.53. The maximum absolute atomic E-state index is 5.92. The van der Waals surface area contributed by atoms with Gasteiger partial charge in [0.2, 0.25) is 0 Å². The van der Waals surface area contributed by atoms with Crippen LogP contribution in [0.15, 0.2) is 34.7 Å². The lowest BCUT2D eigenvalue weighted by Gasteiger charge is -2.24. The van der Waals surface area contributed by atoms with Crippen molar-refractivity contribution in [3.8, 4) is 0 Å². The van der Waals surface area contributed by atoms with Crippen LogP contribution >= 0.6 is 0 Å². The molecule has 0 spiro atoms. The predicted octanol–water partition coefficient (Wildman–Crippen LogP) is 2.62. The monoisotopic (exact) mass is 256 g/mol. The number of nitrogens with one attached hydrogen (secondary N) is 1. The van der Waals surface area contributed by atoms with Crippen molar-refractivity contribution in [1.29, 1.82) is 0 Å². The normalized spacial score (nSPS) is 27.8. The second-order valence-corrected chi connectivity index (χ2v) is 5.91. The van der Waals surface area contributed by atoms with Crippen LogP contribution in [0.25, 0.3) is 11.0 Å². The third kappa shape index (κ3) is 2.17. The van der Waals surface area contributed by atoms with Crippen LogP contribution in [-0.2, 0) is 6.54 Å². The molecule has 0 aliphatic carbocycles. The minimum absolute atomic E-state index is 0.707. The largest absolute Gasteiger partial charge is 0.460 e. The fourth-order valence-electron chi connectivity index (χ4n) is 3.60. The number of furan rings is 1. The molecule has 19 heavy (non-hydrogen) atoms. The summed E-state index contributed by atoms with van der Waals surface area (Å²) in [7, 11) is 0. The second-order valence-electron chi connectivity index (χ2n) is 5.91. The summed E-state index contributed by atoms with van der Waals surface area (Å²) in [6, 6.07) is 11.2. The van der Waals surface area contributed by atoms with Gasteiger partial charge in [-0.05, 0) is 37.4 Å². The Morgan fingerprint density at radius 1 is 1.26 bits per heavy atom. The van der Waals surface area contributed by atoms with E-state index in [1.165, 1.54) is 37.9 Å². The topological polar surface area (TPSA) is 28.4 Å². The van der Waals surface area contributed by atoms with Crippen LogP contribution in [0.5, 0.6) is 0 Å². The first-order valence-electron chi connectivity index (χ1n) is 7.32. The van der Waals surface area contributed by atoms with E-state index in [1.54, 1.807) is 0 Å². The summed E-state index contributed by atoms with van der Waals surface area (Å²) in [6.45, 7) is 4.53. The van der Waals surface area contributed by atoms with Crippen LogP contribution in [0.2, 0.25) is 0 Å². The zero-order valence-corrected chi connectivity index (χ0v) is 11.1. The third-order valence-electron chi connectivity index (χ3n) is 4.53. The van der Waals surface area contributed by atoms with E-state index < -0.39 is 0 Å². The highest BCUT2D eigenvalue weighted by Crippen LogP contribution is 2.27. The van der Waals surface area contributed by atoms with Gasteiger partial charge in [0.05, 0.1) is 6.54 Å². The van der Waals surface area contributed by atoms with Crippen molar-refractivity contribution in [2.24, 2.45) is 5.92 Å². The van der Waals surface area contributed by atoms with Gasteiger partial charge in [-0.15, -0.1) is 0 Å². The molecule has 2 saturated heterocycles. The molecule has 2 unspecified atom stereocenters. The second kappa shape index (κ2) is 4.66. The number of piperidine rings is 1. The van der Waals surface area contributed by atoms with E-state index in [9.17, 15) is 0 Å². The quantitative estimate of drug-likeness (QED) is 0.895. The molecule has 3 nitrogen and oxygen atoms in total. The number of rotatable bonds is 2. The number of benzene rings is 1. The average Bonchev–Trinajstić information content (AvgIpc) is 3.00. The molecule has 3 heterocycles. The van der Waals surface area contributed by atoms with Crippen molar-refractivity contribution < 1.29 is 4.42 Å². The Kier molecular flexibility index (Phi) is 2.82. The van der Waals surface area contributed by atoms with Crippen molar-refractivity contribution in [2.45, 2.75) is 25.4 Å². The summed E-state index contributed by atoms with van der Waals surface area (Å²) in [5, 5.41) is 4.87. The van der Waals surface area contributed by atoms with Gasteiger partial charge in [0.25, 0.3) is 0 Å². The molecule has 0 saturated carbocycles. The Morgan fingerprint density at radius 3 is 3.11 bits per heavy atom. The lowest BCUT2D eigenvalue weighted by Crippen LogP contribution is -2.40. The van der Waals surface area contributed by atoms with E-state index in [-0.39, 0.29) is 0 Å². The summed E-state index contributed by atoms with van der Waals surface area (Å²) < 4.78 is 5.92. The Labute approximate surface area is 113 Å². The minimum atomic E-state index is 0.707. The Morgan fingerprint density at radius 2 is 2.21 bits per heavy atom. The van der Waals surface area contributed by atoms with Crippen molar-refractivity contribution in [1.82, 2.24) is 10.2 Å². The summed E-state index contributed by atoms with van der Waals surface area (Å²) >= 11 is 0. The van der Waals surface area contributed by atoms with Crippen LogP contribution in [0.1, 0.15) is 18.6 Å². The zero-order chi connectivity index (χ0) is 12.7. The molecule has 1 aromatic carbocycles. The van der Waals surface area contributed by atoms with E-state index in [1.807, 2.05) is 12.1 Å². The molecule has 1 aromatic heterocycles.